The molecule has 1 aliphatic carbocycles. The van der Waals surface area contributed by atoms with Gasteiger partial charge in [-0.1, -0.05) is 0 Å². The monoisotopic (exact) mass is 444 g/mol. The van der Waals surface area contributed by atoms with Crippen LogP contribution in [0, 0.1) is 5.92 Å². The Balaban J connectivity index is 0.000000423. The van der Waals surface area contributed by atoms with E-state index >= 15 is 0 Å². The van der Waals surface area contributed by atoms with Crippen LogP contribution < -0.4 is 15.6 Å². The van der Waals surface area contributed by atoms with Crippen LogP contribution in [0.15, 0.2) is 29.1 Å². The van der Waals surface area contributed by atoms with E-state index < -0.39 is 12.1 Å². The van der Waals surface area contributed by atoms with Gasteiger partial charge in [0.05, 0.1) is 18.2 Å². The number of alkyl halides is 3. The topological polar surface area (TPSA) is 101 Å². The number of methoxy groups -OCH3 is 2. The Kier molecular flexibility index (Phi) is 7.72. The lowest BCUT2D eigenvalue weighted by Gasteiger charge is -2.35. The summed E-state index contributed by atoms with van der Waals surface area (Å²) >= 11 is 0. The molecule has 2 aromatic rings. The lowest BCUT2D eigenvalue weighted by Crippen LogP contribution is -2.50. The van der Waals surface area contributed by atoms with Crippen LogP contribution in [0.25, 0.3) is 10.9 Å². The van der Waals surface area contributed by atoms with Gasteiger partial charge < -0.3 is 24.9 Å². The Morgan fingerprint density at radius 1 is 1.29 bits per heavy atom. The minimum absolute atomic E-state index is 0.0685. The zero-order valence-corrected chi connectivity index (χ0v) is 17.8. The minimum atomic E-state index is -5.08. The molecule has 0 radical (unpaired) electrons. The number of hydrogen-bond acceptors (Lipinski definition) is 5. The molecule has 1 aliphatic rings. The van der Waals surface area contributed by atoms with E-state index in [9.17, 15) is 18.0 Å². The van der Waals surface area contributed by atoms with Gasteiger partial charge in [-0.3, -0.25) is 4.79 Å². The van der Waals surface area contributed by atoms with Gasteiger partial charge >= 0.3 is 12.1 Å². The van der Waals surface area contributed by atoms with Crippen molar-refractivity contribution >= 4 is 16.9 Å². The number of hydrogen-bond donors (Lipinski definition) is 3. The molecule has 10 heteroatoms. The third kappa shape index (κ3) is 6.20. The van der Waals surface area contributed by atoms with E-state index in [4.69, 9.17) is 19.4 Å². The number of carboxylic acid groups (broad SMARTS) is 1. The normalized spacial score (nSPS) is 16.7. The third-order valence-electron chi connectivity index (χ3n) is 5.66. The van der Waals surface area contributed by atoms with Crippen LogP contribution in [-0.4, -0.2) is 48.1 Å². The van der Waals surface area contributed by atoms with Crippen LogP contribution in [0.3, 0.4) is 0 Å². The van der Waals surface area contributed by atoms with Crippen molar-refractivity contribution in [1.29, 1.82) is 0 Å². The van der Waals surface area contributed by atoms with Gasteiger partial charge in [0.2, 0.25) is 0 Å². The molecule has 0 bridgehead atoms. The highest BCUT2D eigenvalue weighted by Crippen LogP contribution is 2.43. The minimum Gasteiger partial charge on any atom is -0.497 e. The molecule has 1 fully saturated rings. The first-order valence-electron chi connectivity index (χ1n) is 9.71. The Labute approximate surface area is 177 Å². The van der Waals surface area contributed by atoms with E-state index in [2.05, 4.69) is 24.1 Å². The molecule has 172 valence electrons. The first-order chi connectivity index (χ1) is 14.4. The highest BCUT2D eigenvalue weighted by atomic mass is 19.4. The smallest absolute Gasteiger partial charge is 0.490 e. The van der Waals surface area contributed by atoms with E-state index in [0.29, 0.717) is 12.5 Å². The summed E-state index contributed by atoms with van der Waals surface area (Å²) in [7, 11) is 3.39. The van der Waals surface area contributed by atoms with Gasteiger partial charge in [0.25, 0.3) is 5.56 Å². The predicted molar refractivity (Wildman–Crippen MR) is 109 cm³/mol. The van der Waals surface area contributed by atoms with Gasteiger partial charge in [-0.25, -0.2) is 4.79 Å². The summed E-state index contributed by atoms with van der Waals surface area (Å²) in [5.74, 6) is -1.42. The van der Waals surface area contributed by atoms with E-state index in [0.717, 1.165) is 22.2 Å². The molecule has 3 N–H and O–H groups in total. The number of rotatable bonds is 7. The molecule has 1 aromatic carbocycles. The predicted octanol–water partition coefficient (Wildman–Crippen LogP) is 3.46. The number of aliphatic carboxylic acids is 1. The standard InChI is InChI=1S/C19H26N2O3.C2HF3O2/c1-12(19(2,24-4)15-6-7-15)20-11-14-9-13-5-8-16(23-3)10-17(13)21-18(14)22;3-2(4,5)1(6)7/h5,8-10,12,15,20H,6-7,11H2,1-4H3,(H,21,22);(H,6,7). The highest BCUT2D eigenvalue weighted by Gasteiger charge is 2.45. The van der Waals surface area contributed by atoms with E-state index in [-0.39, 0.29) is 17.2 Å². The lowest BCUT2D eigenvalue weighted by molar-refractivity contribution is -0.192. The summed E-state index contributed by atoms with van der Waals surface area (Å²) in [6.07, 6.45) is -2.65. The number of carboxylic acids is 1. The average molecular weight is 444 g/mol. The first-order valence-corrected chi connectivity index (χ1v) is 9.71. The van der Waals surface area contributed by atoms with Crippen molar-refractivity contribution in [2.24, 2.45) is 5.92 Å². The molecule has 3 rings (SSSR count). The Morgan fingerprint density at radius 2 is 1.90 bits per heavy atom. The zero-order chi connectivity index (χ0) is 23.4. The molecule has 31 heavy (non-hydrogen) atoms. The summed E-state index contributed by atoms with van der Waals surface area (Å²) in [5, 5.41) is 11.6. The highest BCUT2D eigenvalue weighted by molar-refractivity contribution is 5.80. The van der Waals surface area contributed by atoms with Gasteiger partial charge in [-0.05, 0) is 56.2 Å². The van der Waals surface area contributed by atoms with Crippen molar-refractivity contribution in [1.82, 2.24) is 10.3 Å². The summed E-state index contributed by atoms with van der Waals surface area (Å²) < 4.78 is 42.7. The molecular weight excluding hydrogens is 417 g/mol. The molecule has 1 saturated carbocycles. The molecule has 1 heterocycles. The molecule has 7 nitrogen and oxygen atoms in total. The molecule has 2 unspecified atom stereocenters. The largest absolute Gasteiger partial charge is 0.497 e. The van der Waals surface area contributed by atoms with Crippen molar-refractivity contribution in [3.05, 3.63) is 40.2 Å². The number of aromatic nitrogens is 1. The molecular formula is C21H27F3N2O5. The Morgan fingerprint density at radius 3 is 2.39 bits per heavy atom. The average Bonchev–Trinajstić information content (AvgIpc) is 3.56. The maximum absolute atomic E-state index is 12.3. The zero-order valence-electron chi connectivity index (χ0n) is 17.8. The fourth-order valence-electron chi connectivity index (χ4n) is 3.30. The van der Waals surface area contributed by atoms with E-state index in [1.807, 2.05) is 24.3 Å². The second-order valence-electron chi connectivity index (χ2n) is 7.64. The molecule has 0 aliphatic heterocycles. The number of fused-ring (bicyclic) bond motifs is 1. The number of halogens is 3. The summed E-state index contributed by atoms with van der Waals surface area (Å²) in [6.45, 7) is 4.80. The molecule has 1 aromatic heterocycles. The van der Waals surface area contributed by atoms with Crippen LogP contribution in [0.5, 0.6) is 5.75 Å². The summed E-state index contributed by atoms with van der Waals surface area (Å²) in [4.78, 5) is 24.2. The van der Waals surface area contributed by atoms with Crippen LogP contribution in [-0.2, 0) is 16.1 Å². The van der Waals surface area contributed by atoms with Gasteiger partial charge in [0.1, 0.15) is 5.75 Å². The van der Waals surface area contributed by atoms with Crippen LogP contribution in [0.2, 0.25) is 0 Å². The molecule has 0 saturated heterocycles. The number of ether oxygens (including phenoxy) is 2. The number of aromatic amines is 1. The maximum atomic E-state index is 12.3. The van der Waals surface area contributed by atoms with Gasteiger partial charge in [0, 0.05) is 31.3 Å². The van der Waals surface area contributed by atoms with Crippen LogP contribution in [0.4, 0.5) is 13.2 Å². The number of benzene rings is 1. The Bertz CT molecular complexity index is 972. The van der Waals surface area contributed by atoms with Gasteiger partial charge in [-0.15, -0.1) is 0 Å². The van der Waals surface area contributed by atoms with Crippen molar-refractivity contribution in [2.75, 3.05) is 14.2 Å². The second-order valence-corrected chi connectivity index (χ2v) is 7.64. The van der Waals surface area contributed by atoms with E-state index in [1.54, 1.807) is 14.2 Å². The van der Waals surface area contributed by atoms with Gasteiger partial charge in [-0.2, -0.15) is 13.2 Å². The Hall–Kier alpha value is -2.59. The SMILES string of the molecule is COc1ccc2cc(CNC(C)C(C)(OC)C3CC3)c(=O)[nH]c2c1.O=C(O)C(F)(F)F. The quantitative estimate of drug-likeness (QED) is 0.605. The summed E-state index contributed by atoms with van der Waals surface area (Å²) in [5.41, 5.74) is 1.27. The maximum Gasteiger partial charge on any atom is 0.490 e. The number of H-pyrrole nitrogens is 1. The van der Waals surface area contributed by atoms with Gasteiger partial charge in [0.15, 0.2) is 0 Å². The van der Waals surface area contributed by atoms with Crippen molar-refractivity contribution in [3.63, 3.8) is 0 Å². The van der Waals surface area contributed by atoms with Crippen LogP contribution in [0.1, 0.15) is 32.3 Å². The summed E-state index contributed by atoms with van der Waals surface area (Å²) in [6, 6.07) is 7.80. The lowest BCUT2D eigenvalue weighted by atomic mass is 9.91. The third-order valence-corrected chi connectivity index (χ3v) is 5.66. The van der Waals surface area contributed by atoms with Crippen molar-refractivity contribution < 1.29 is 32.5 Å². The number of carbonyl (C=O) groups is 1. The first kappa shape index (κ1) is 24.7. The number of pyridine rings is 1. The van der Waals surface area contributed by atoms with Crippen molar-refractivity contribution in [3.8, 4) is 5.75 Å². The fourth-order valence-corrected chi connectivity index (χ4v) is 3.30. The number of nitrogens with one attached hydrogen (secondary N) is 2. The fraction of sp³-hybridized carbons (Fsp3) is 0.524. The van der Waals surface area contributed by atoms with Crippen molar-refractivity contribution in [2.45, 2.75) is 51.1 Å². The molecule has 0 amide bonds. The molecule has 0 spiro atoms. The second kappa shape index (κ2) is 9.69. The van der Waals surface area contributed by atoms with Crippen LogP contribution >= 0.6 is 0 Å². The van der Waals surface area contributed by atoms with E-state index in [1.165, 1.54) is 12.8 Å². The molecule has 2 atom stereocenters.